The largest absolute Gasteiger partial charge is 0.311 e. The lowest BCUT2D eigenvalue weighted by atomic mass is 9.99. The van der Waals surface area contributed by atoms with E-state index < -0.39 is 0 Å². The lowest BCUT2D eigenvalue weighted by Gasteiger charge is -2.28. The van der Waals surface area contributed by atoms with Crippen LogP contribution in [0.25, 0.3) is 66.1 Å². The fourth-order valence-corrected chi connectivity index (χ4v) is 8.99. The standard InChI is InChI=1S/C62H44N2/c1-3-13-45(14-4-1)49-29-37-55(38-30-49)63(56-39-31-50(32-40-56)46-15-5-2-6-16-46)57-41-33-51(34-42-57)47-25-27-48(28-26-47)52-35-43-58(44-36-52)64(61-23-11-19-53-17-7-9-21-59(53)61)62-24-12-20-54-18-8-10-22-60(54)62/h1-44H. The maximum atomic E-state index is 2.40. The third-order valence-electron chi connectivity index (χ3n) is 12.3. The van der Waals surface area contributed by atoms with E-state index in [1.807, 2.05) is 0 Å². The summed E-state index contributed by atoms with van der Waals surface area (Å²) in [5.41, 5.74) is 16.2. The number of fused-ring (bicyclic) bond motifs is 2. The molecule has 0 spiro atoms. The second kappa shape index (κ2) is 17.1. The summed E-state index contributed by atoms with van der Waals surface area (Å²) in [6.07, 6.45) is 0. The van der Waals surface area contributed by atoms with Gasteiger partial charge in [-0.15, -0.1) is 0 Å². The first-order valence-corrected chi connectivity index (χ1v) is 21.9. The Bertz CT molecular complexity index is 3150. The Morgan fingerprint density at radius 3 is 0.766 bits per heavy atom. The van der Waals surface area contributed by atoms with Crippen molar-refractivity contribution in [3.05, 3.63) is 267 Å². The number of benzene rings is 11. The summed E-state index contributed by atoms with van der Waals surface area (Å²) in [5.74, 6) is 0. The first-order valence-electron chi connectivity index (χ1n) is 21.9. The Kier molecular flexibility index (Phi) is 10.3. The van der Waals surface area contributed by atoms with Gasteiger partial charge in [-0.25, -0.2) is 0 Å². The monoisotopic (exact) mass is 816 g/mol. The predicted octanol–water partition coefficient (Wildman–Crippen LogP) is 17.6. The van der Waals surface area contributed by atoms with Crippen LogP contribution in [0.1, 0.15) is 0 Å². The van der Waals surface area contributed by atoms with Crippen molar-refractivity contribution in [2.24, 2.45) is 0 Å². The number of rotatable bonds is 10. The van der Waals surface area contributed by atoms with Crippen molar-refractivity contribution in [1.82, 2.24) is 0 Å². The van der Waals surface area contributed by atoms with Crippen LogP contribution >= 0.6 is 0 Å². The second-order valence-corrected chi connectivity index (χ2v) is 16.2. The summed E-state index contributed by atoms with van der Waals surface area (Å²) in [6.45, 7) is 0. The molecule has 0 amide bonds. The highest BCUT2D eigenvalue weighted by Gasteiger charge is 2.18. The number of nitrogens with zero attached hydrogens (tertiary/aromatic N) is 2. The van der Waals surface area contributed by atoms with Gasteiger partial charge in [0.2, 0.25) is 0 Å². The highest BCUT2D eigenvalue weighted by atomic mass is 15.1. The van der Waals surface area contributed by atoms with Crippen molar-refractivity contribution in [1.29, 1.82) is 0 Å². The quantitative estimate of drug-likeness (QED) is 0.136. The molecule has 0 radical (unpaired) electrons. The number of hydrogen-bond donors (Lipinski definition) is 0. The summed E-state index contributed by atoms with van der Waals surface area (Å²) in [4.78, 5) is 4.74. The molecule has 0 unspecified atom stereocenters. The molecule has 11 aromatic rings. The molecule has 0 fully saturated rings. The van der Waals surface area contributed by atoms with E-state index in [0.29, 0.717) is 0 Å². The molecule has 0 N–H and O–H groups in total. The van der Waals surface area contributed by atoms with Crippen LogP contribution in [0.2, 0.25) is 0 Å². The molecule has 2 heteroatoms. The first kappa shape index (κ1) is 38.5. The fraction of sp³-hybridized carbons (Fsp3) is 0. The molecule has 0 atom stereocenters. The minimum absolute atomic E-state index is 1.10. The van der Waals surface area contributed by atoms with E-state index in [4.69, 9.17) is 0 Å². The normalized spacial score (nSPS) is 11.1. The van der Waals surface area contributed by atoms with E-state index in [1.54, 1.807) is 0 Å². The van der Waals surface area contributed by atoms with Gasteiger partial charge in [-0.2, -0.15) is 0 Å². The molecule has 0 bridgehead atoms. The summed E-state index contributed by atoms with van der Waals surface area (Å²) in [7, 11) is 0. The van der Waals surface area contributed by atoms with Crippen LogP contribution in [-0.2, 0) is 0 Å². The predicted molar refractivity (Wildman–Crippen MR) is 273 cm³/mol. The van der Waals surface area contributed by atoms with Crippen LogP contribution in [0.5, 0.6) is 0 Å². The minimum Gasteiger partial charge on any atom is -0.311 e. The minimum atomic E-state index is 1.10. The van der Waals surface area contributed by atoms with Gasteiger partial charge >= 0.3 is 0 Å². The van der Waals surface area contributed by atoms with Crippen molar-refractivity contribution in [2.75, 3.05) is 9.80 Å². The number of hydrogen-bond acceptors (Lipinski definition) is 2. The lowest BCUT2D eigenvalue weighted by Crippen LogP contribution is -2.11. The fourth-order valence-electron chi connectivity index (χ4n) is 8.99. The summed E-state index contributed by atoms with van der Waals surface area (Å²) in [5, 5.41) is 4.87. The molecule has 0 heterocycles. The van der Waals surface area contributed by atoms with E-state index >= 15 is 0 Å². The maximum absolute atomic E-state index is 2.40. The molecule has 2 nitrogen and oxygen atoms in total. The van der Waals surface area contributed by atoms with E-state index in [0.717, 1.165) is 34.1 Å². The van der Waals surface area contributed by atoms with Gasteiger partial charge in [-0.1, -0.05) is 206 Å². The number of anilines is 6. The zero-order valence-corrected chi connectivity index (χ0v) is 35.3. The smallest absolute Gasteiger partial charge is 0.0540 e. The molecule has 0 aromatic heterocycles. The van der Waals surface area contributed by atoms with Gasteiger partial charge < -0.3 is 9.80 Å². The Labute approximate surface area is 375 Å². The highest BCUT2D eigenvalue weighted by Crippen LogP contribution is 2.43. The van der Waals surface area contributed by atoms with Crippen LogP contribution < -0.4 is 9.80 Å². The van der Waals surface area contributed by atoms with Gasteiger partial charge in [0.1, 0.15) is 0 Å². The van der Waals surface area contributed by atoms with Gasteiger partial charge in [-0.05, 0) is 116 Å². The molecule has 0 saturated carbocycles. The Morgan fingerprint density at radius 2 is 0.422 bits per heavy atom. The second-order valence-electron chi connectivity index (χ2n) is 16.2. The first-order chi connectivity index (χ1) is 31.7. The van der Waals surface area contributed by atoms with Crippen molar-refractivity contribution in [3.63, 3.8) is 0 Å². The zero-order valence-electron chi connectivity index (χ0n) is 35.3. The van der Waals surface area contributed by atoms with Crippen molar-refractivity contribution >= 4 is 55.7 Å². The van der Waals surface area contributed by atoms with E-state index in [9.17, 15) is 0 Å². The van der Waals surface area contributed by atoms with Crippen LogP contribution in [-0.4, -0.2) is 0 Å². The summed E-state index contributed by atoms with van der Waals surface area (Å²) < 4.78 is 0. The Balaban J connectivity index is 0.883. The lowest BCUT2D eigenvalue weighted by molar-refractivity contribution is 1.28. The molecule has 0 aliphatic carbocycles. The van der Waals surface area contributed by atoms with E-state index in [-0.39, 0.29) is 0 Å². The third kappa shape index (κ3) is 7.59. The van der Waals surface area contributed by atoms with Crippen LogP contribution in [0.4, 0.5) is 34.1 Å². The van der Waals surface area contributed by atoms with Crippen molar-refractivity contribution < 1.29 is 0 Å². The van der Waals surface area contributed by atoms with Crippen LogP contribution in [0.15, 0.2) is 267 Å². The van der Waals surface area contributed by atoms with Gasteiger partial charge in [0.25, 0.3) is 0 Å². The molecular weight excluding hydrogens is 773 g/mol. The Hall–Kier alpha value is -8.46. The summed E-state index contributed by atoms with van der Waals surface area (Å²) in [6, 6.07) is 96.1. The molecular formula is C62H44N2. The van der Waals surface area contributed by atoms with Crippen LogP contribution in [0, 0.1) is 0 Å². The van der Waals surface area contributed by atoms with E-state index in [2.05, 4.69) is 277 Å². The third-order valence-corrected chi connectivity index (χ3v) is 12.3. The van der Waals surface area contributed by atoms with Crippen molar-refractivity contribution in [3.8, 4) is 44.5 Å². The molecule has 0 saturated heterocycles. The van der Waals surface area contributed by atoms with Crippen molar-refractivity contribution in [2.45, 2.75) is 0 Å². The molecule has 11 rings (SSSR count). The van der Waals surface area contributed by atoms with Crippen LogP contribution in [0.3, 0.4) is 0 Å². The summed E-state index contributed by atoms with van der Waals surface area (Å²) >= 11 is 0. The molecule has 302 valence electrons. The van der Waals surface area contributed by atoms with Gasteiger partial charge in [-0.3, -0.25) is 0 Å². The van der Waals surface area contributed by atoms with Gasteiger partial charge in [0.15, 0.2) is 0 Å². The van der Waals surface area contributed by atoms with E-state index in [1.165, 1.54) is 66.1 Å². The maximum Gasteiger partial charge on any atom is 0.0540 e. The average molecular weight is 817 g/mol. The SMILES string of the molecule is c1ccc(-c2ccc(N(c3ccc(-c4ccccc4)cc3)c3ccc(-c4ccc(-c5ccc(N(c6cccc7ccccc67)c6cccc7ccccc67)cc5)cc4)cc3)cc2)cc1. The molecule has 0 aliphatic heterocycles. The van der Waals surface area contributed by atoms with Gasteiger partial charge in [0.05, 0.1) is 11.4 Å². The zero-order chi connectivity index (χ0) is 42.7. The highest BCUT2D eigenvalue weighted by molar-refractivity contribution is 6.04. The molecule has 11 aromatic carbocycles. The van der Waals surface area contributed by atoms with Gasteiger partial charge in [0, 0.05) is 33.5 Å². The Morgan fingerprint density at radius 1 is 0.172 bits per heavy atom. The average Bonchev–Trinajstić information content (AvgIpc) is 3.38. The molecule has 64 heavy (non-hydrogen) atoms. The molecule has 0 aliphatic rings. The topological polar surface area (TPSA) is 6.48 Å².